The minimum absolute atomic E-state index is 0.0182. The van der Waals surface area contributed by atoms with Crippen molar-refractivity contribution in [1.29, 1.82) is 0 Å². The van der Waals surface area contributed by atoms with E-state index in [2.05, 4.69) is 0 Å². The summed E-state index contributed by atoms with van der Waals surface area (Å²) < 4.78 is 0. The fraction of sp³-hybridized carbons (Fsp3) is 0.429. The Morgan fingerprint density at radius 3 is 2.00 bits per heavy atom. The standard InChI is InChI=1S/C14H18O2S/c1-9(2)14(16)12-5-7-13(8-6-12)17-11(4)10(3)15/h5-9,11H,1-4H3. The van der Waals surface area contributed by atoms with Crippen LogP contribution in [0.4, 0.5) is 0 Å². The highest BCUT2D eigenvalue weighted by Crippen LogP contribution is 2.24. The maximum atomic E-state index is 11.7. The normalized spacial score (nSPS) is 12.5. The monoisotopic (exact) mass is 250 g/mol. The minimum Gasteiger partial charge on any atom is -0.299 e. The molecule has 1 aromatic rings. The lowest BCUT2D eigenvalue weighted by Crippen LogP contribution is -2.08. The quantitative estimate of drug-likeness (QED) is 0.591. The second-order valence-corrected chi connectivity index (χ2v) is 5.83. The number of hydrogen-bond donors (Lipinski definition) is 0. The third kappa shape index (κ3) is 4.00. The fourth-order valence-electron chi connectivity index (χ4n) is 1.32. The van der Waals surface area contributed by atoms with Gasteiger partial charge in [0.2, 0.25) is 0 Å². The topological polar surface area (TPSA) is 34.1 Å². The predicted octanol–water partition coefficient (Wildman–Crippen LogP) is 3.59. The van der Waals surface area contributed by atoms with Crippen LogP contribution in [0.3, 0.4) is 0 Å². The summed E-state index contributed by atoms with van der Waals surface area (Å²) in [6.45, 7) is 7.26. The Bertz CT molecular complexity index is 407. The van der Waals surface area contributed by atoms with E-state index in [0.29, 0.717) is 0 Å². The molecule has 92 valence electrons. The van der Waals surface area contributed by atoms with Crippen molar-refractivity contribution in [3.05, 3.63) is 29.8 Å². The lowest BCUT2D eigenvalue weighted by atomic mass is 10.0. The lowest BCUT2D eigenvalue weighted by Gasteiger charge is -2.08. The molecule has 0 fully saturated rings. The highest BCUT2D eigenvalue weighted by atomic mass is 32.2. The van der Waals surface area contributed by atoms with Gasteiger partial charge in [-0.15, -0.1) is 11.8 Å². The number of ketones is 2. The summed E-state index contributed by atoms with van der Waals surface area (Å²) in [5.41, 5.74) is 0.736. The van der Waals surface area contributed by atoms with Gasteiger partial charge < -0.3 is 0 Å². The summed E-state index contributed by atoms with van der Waals surface area (Å²) >= 11 is 1.52. The first-order chi connectivity index (χ1) is 7.91. The lowest BCUT2D eigenvalue weighted by molar-refractivity contribution is -0.116. The molecule has 17 heavy (non-hydrogen) atoms. The molecule has 0 N–H and O–H groups in total. The van der Waals surface area contributed by atoms with Crippen LogP contribution in [0.25, 0.3) is 0 Å². The van der Waals surface area contributed by atoms with Crippen molar-refractivity contribution in [1.82, 2.24) is 0 Å². The summed E-state index contributed by atoms with van der Waals surface area (Å²) in [5, 5.41) is -0.0401. The molecule has 0 aliphatic rings. The predicted molar refractivity (Wildman–Crippen MR) is 71.6 cm³/mol. The van der Waals surface area contributed by atoms with Gasteiger partial charge in [0.25, 0.3) is 0 Å². The average molecular weight is 250 g/mol. The Hall–Kier alpha value is -1.09. The van der Waals surface area contributed by atoms with E-state index in [1.807, 2.05) is 45.0 Å². The second kappa shape index (κ2) is 6.01. The van der Waals surface area contributed by atoms with Gasteiger partial charge in [-0.25, -0.2) is 0 Å². The Balaban J connectivity index is 2.75. The molecule has 0 aliphatic heterocycles. The summed E-state index contributed by atoms with van der Waals surface area (Å²) in [5.74, 6) is 0.336. The Morgan fingerprint density at radius 1 is 1.06 bits per heavy atom. The van der Waals surface area contributed by atoms with Crippen LogP contribution in [0, 0.1) is 5.92 Å². The number of carbonyl (C=O) groups is 2. The molecular formula is C14H18O2S. The molecule has 0 radical (unpaired) electrons. The largest absolute Gasteiger partial charge is 0.299 e. The smallest absolute Gasteiger partial charge is 0.165 e. The van der Waals surface area contributed by atoms with Crippen molar-refractivity contribution < 1.29 is 9.59 Å². The molecule has 0 heterocycles. The van der Waals surface area contributed by atoms with Crippen molar-refractivity contribution >= 4 is 23.3 Å². The maximum absolute atomic E-state index is 11.7. The van der Waals surface area contributed by atoms with Crippen LogP contribution < -0.4 is 0 Å². The molecule has 3 heteroatoms. The van der Waals surface area contributed by atoms with Gasteiger partial charge in [0.15, 0.2) is 5.78 Å². The summed E-state index contributed by atoms with van der Waals surface area (Å²) in [7, 11) is 0. The van der Waals surface area contributed by atoms with E-state index >= 15 is 0 Å². The molecule has 0 saturated heterocycles. The Labute approximate surface area is 107 Å². The van der Waals surface area contributed by atoms with Gasteiger partial charge >= 0.3 is 0 Å². The summed E-state index contributed by atoms with van der Waals surface area (Å²) in [6.07, 6.45) is 0. The van der Waals surface area contributed by atoms with E-state index in [4.69, 9.17) is 0 Å². The first-order valence-electron chi connectivity index (χ1n) is 5.73. The average Bonchev–Trinajstić information content (AvgIpc) is 2.28. The van der Waals surface area contributed by atoms with Crippen LogP contribution in [0.15, 0.2) is 29.2 Å². The van der Waals surface area contributed by atoms with Crippen molar-refractivity contribution in [3.8, 4) is 0 Å². The number of carbonyl (C=O) groups excluding carboxylic acids is 2. The van der Waals surface area contributed by atoms with E-state index in [9.17, 15) is 9.59 Å². The molecule has 0 spiro atoms. The van der Waals surface area contributed by atoms with Crippen LogP contribution in [0.1, 0.15) is 38.1 Å². The summed E-state index contributed by atoms with van der Waals surface area (Å²) in [6, 6.07) is 7.47. The third-order valence-corrected chi connectivity index (χ3v) is 3.78. The van der Waals surface area contributed by atoms with Crippen LogP contribution >= 0.6 is 11.8 Å². The second-order valence-electron chi connectivity index (χ2n) is 4.41. The van der Waals surface area contributed by atoms with Crippen molar-refractivity contribution in [2.75, 3.05) is 0 Å². The van der Waals surface area contributed by atoms with Crippen molar-refractivity contribution in [3.63, 3.8) is 0 Å². The van der Waals surface area contributed by atoms with E-state index in [0.717, 1.165) is 10.5 Å². The zero-order chi connectivity index (χ0) is 13.0. The van der Waals surface area contributed by atoms with E-state index in [-0.39, 0.29) is 22.7 Å². The molecule has 0 saturated carbocycles. The maximum Gasteiger partial charge on any atom is 0.165 e. The van der Waals surface area contributed by atoms with Crippen LogP contribution in [0.5, 0.6) is 0 Å². The molecule has 0 aliphatic carbocycles. The number of Topliss-reactive ketones (excluding diaryl/α,β-unsaturated/α-hetero) is 2. The van der Waals surface area contributed by atoms with Crippen molar-refractivity contribution in [2.45, 2.75) is 37.8 Å². The number of benzene rings is 1. The first-order valence-corrected chi connectivity index (χ1v) is 6.61. The SMILES string of the molecule is CC(=O)C(C)Sc1ccc(C(=O)C(C)C)cc1. The zero-order valence-corrected chi connectivity index (χ0v) is 11.5. The van der Waals surface area contributed by atoms with Gasteiger partial charge in [-0.3, -0.25) is 9.59 Å². The molecule has 0 bridgehead atoms. The molecule has 0 amide bonds. The van der Waals surface area contributed by atoms with Crippen LogP contribution in [0.2, 0.25) is 0 Å². The fourth-order valence-corrected chi connectivity index (χ4v) is 2.19. The van der Waals surface area contributed by atoms with Crippen LogP contribution in [-0.2, 0) is 4.79 Å². The molecule has 1 unspecified atom stereocenters. The Morgan fingerprint density at radius 2 is 1.59 bits per heavy atom. The first kappa shape index (κ1) is 14.0. The molecule has 0 aromatic heterocycles. The number of rotatable bonds is 5. The molecular weight excluding hydrogens is 232 g/mol. The van der Waals surface area contributed by atoms with Crippen molar-refractivity contribution in [2.24, 2.45) is 5.92 Å². The van der Waals surface area contributed by atoms with Gasteiger partial charge in [-0.05, 0) is 26.0 Å². The highest BCUT2D eigenvalue weighted by Gasteiger charge is 2.12. The van der Waals surface area contributed by atoms with Gasteiger partial charge in [0.05, 0.1) is 5.25 Å². The minimum atomic E-state index is -0.0401. The van der Waals surface area contributed by atoms with Crippen LogP contribution in [-0.4, -0.2) is 16.8 Å². The molecule has 1 atom stereocenters. The van der Waals surface area contributed by atoms with E-state index in [1.165, 1.54) is 11.8 Å². The van der Waals surface area contributed by atoms with E-state index in [1.54, 1.807) is 6.92 Å². The van der Waals surface area contributed by atoms with Gasteiger partial charge in [0, 0.05) is 16.4 Å². The number of hydrogen-bond acceptors (Lipinski definition) is 3. The molecule has 1 aromatic carbocycles. The van der Waals surface area contributed by atoms with E-state index < -0.39 is 0 Å². The summed E-state index contributed by atoms with van der Waals surface area (Å²) in [4.78, 5) is 23.9. The zero-order valence-electron chi connectivity index (χ0n) is 10.7. The van der Waals surface area contributed by atoms with Gasteiger partial charge in [0.1, 0.15) is 5.78 Å². The third-order valence-electron chi connectivity index (χ3n) is 2.55. The Kier molecular flexibility index (Phi) is 4.94. The van der Waals surface area contributed by atoms with Gasteiger partial charge in [-0.1, -0.05) is 26.0 Å². The molecule has 2 nitrogen and oxygen atoms in total. The highest BCUT2D eigenvalue weighted by molar-refractivity contribution is 8.00. The molecule has 1 rings (SSSR count). The number of thioether (sulfide) groups is 1. The van der Waals surface area contributed by atoms with Gasteiger partial charge in [-0.2, -0.15) is 0 Å².